The summed E-state index contributed by atoms with van der Waals surface area (Å²) in [5, 5.41) is 1.17. The standard InChI is InChI=1S/C25H26BrN5O3/c1-3-31-20-9-5-4-7-15(20)13-21(31)23-28-19-12-16(11-18(26)22(19)29(23)2)24(32)30-10-6-8-17(14-30)34-25(27)33/h4-5,7,9,11-13,17H,3,6,8,10,14H2,1-2H3,(H2,27,33). The first-order chi connectivity index (χ1) is 16.4. The van der Waals surface area contributed by atoms with Crippen LogP contribution in [-0.2, 0) is 18.3 Å². The second-order valence-electron chi connectivity index (χ2n) is 8.61. The Kier molecular flexibility index (Phi) is 5.81. The molecule has 1 unspecified atom stereocenters. The van der Waals surface area contributed by atoms with Gasteiger partial charge in [-0.2, -0.15) is 0 Å². The average Bonchev–Trinajstić information content (AvgIpc) is 3.35. The number of amides is 2. The van der Waals surface area contributed by atoms with E-state index in [0.717, 1.165) is 40.0 Å². The van der Waals surface area contributed by atoms with Gasteiger partial charge in [0.2, 0.25) is 0 Å². The molecular formula is C25H26BrN5O3. The topological polar surface area (TPSA) is 95.4 Å². The van der Waals surface area contributed by atoms with E-state index in [-0.39, 0.29) is 12.0 Å². The fraction of sp³-hybridized carbons (Fsp3) is 0.320. The normalized spacial score (nSPS) is 16.3. The average molecular weight is 524 g/mol. The second-order valence-corrected chi connectivity index (χ2v) is 9.46. The number of aryl methyl sites for hydroxylation is 2. The number of imidazole rings is 1. The van der Waals surface area contributed by atoms with Gasteiger partial charge in [0.05, 0.1) is 23.3 Å². The Bertz CT molecular complexity index is 1420. The van der Waals surface area contributed by atoms with Gasteiger partial charge in [-0.1, -0.05) is 18.2 Å². The molecule has 1 aliphatic heterocycles. The molecule has 0 bridgehead atoms. The molecule has 34 heavy (non-hydrogen) atoms. The van der Waals surface area contributed by atoms with Crippen molar-refractivity contribution in [3.63, 3.8) is 0 Å². The smallest absolute Gasteiger partial charge is 0.404 e. The van der Waals surface area contributed by atoms with E-state index >= 15 is 0 Å². The number of fused-ring (bicyclic) bond motifs is 2. The van der Waals surface area contributed by atoms with E-state index in [1.54, 1.807) is 4.90 Å². The van der Waals surface area contributed by atoms with Crippen molar-refractivity contribution < 1.29 is 14.3 Å². The van der Waals surface area contributed by atoms with E-state index in [1.165, 1.54) is 10.9 Å². The second kappa shape index (κ2) is 8.79. The largest absolute Gasteiger partial charge is 0.445 e. The summed E-state index contributed by atoms with van der Waals surface area (Å²) in [5.74, 6) is 0.724. The van der Waals surface area contributed by atoms with Gasteiger partial charge in [-0.05, 0) is 60.0 Å². The number of aromatic nitrogens is 3. The highest BCUT2D eigenvalue weighted by atomic mass is 79.9. The number of para-hydroxylation sites is 1. The minimum absolute atomic E-state index is 0.116. The number of hydrogen-bond donors (Lipinski definition) is 1. The number of halogens is 1. The zero-order valence-electron chi connectivity index (χ0n) is 19.1. The third kappa shape index (κ3) is 3.83. The van der Waals surface area contributed by atoms with Crippen molar-refractivity contribution in [2.24, 2.45) is 12.8 Å². The van der Waals surface area contributed by atoms with Crippen LogP contribution in [0, 0.1) is 0 Å². The molecule has 1 fully saturated rings. The summed E-state index contributed by atoms with van der Waals surface area (Å²) < 4.78 is 10.2. The van der Waals surface area contributed by atoms with Gasteiger partial charge in [0.25, 0.3) is 5.91 Å². The lowest BCUT2D eigenvalue weighted by atomic mass is 10.1. The van der Waals surface area contributed by atoms with Crippen LogP contribution in [0.3, 0.4) is 0 Å². The minimum atomic E-state index is -0.811. The highest BCUT2D eigenvalue weighted by molar-refractivity contribution is 9.10. The molecule has 1 atom stereocenters. The molecule has 2 aromatic heterocycles. The number of likely N-dealkylation sites (tertiary alicyclic amines) is 1. The Morgan fingerprint density at radius 1 is 1.24 bits per heavy atom. The summed E-state index contributed by atoms with van der Waals surface area (Å²) in [6.07, 6.45) is 0.265. The molecular weight excluding hydrogens is 498 g/mol. The van der Waals surface area contributed by atoms with E-state index < -0.39 is 6.09 Å². The first kappa shape index (κ1) is 22.5. The van der Waals surface area contributed by atoms with Gasteiger partial charge < -0.3 is 24.5 Å². The molecule has 0 radical (unpaired) electrons. The lowest BCUT2D eigenvalue weighted by Gasteiger charge is -2.32. The first-order valence-corrected chi connectivity index (χ1v) is 12.2. The fourth-order valence-corrected chi connectivity index (χ4v) is 5.67. The number of benzene rings is 2. The maximum absolute atomic E-state index is 13.3. The van der Waals surface area contributed by atoms with Gasteiger partial charge in [0.15, 0.2) is 5.82 Å². The molecule has 2 N–H and O–H groups in total. The fourth-order valence-electron chi connectivity index (χ4n) is 4.95. The molecule has 8 nitrogen and oxygen atoms in total. The number of carbonyl (C=O) groups is 2. The molecule has 0 saturated carbocycles. The molecule has 0 aliphatic carbocycles. The summed E-state index contributed by atoms with van der Waals surface area (Å²) in [7, 11) is 1.99. The van der Waals surface area contributed by atoms with Crippen LogP contribution >= 0.6 is 15.9 Å². The molecule has 1 aliphatic rings. The van der Waals surface area contributed by atoms with Crippen molar-refractivity contribution in [2.75, 3.05) is 13.1 Å². The first-order valence-electron chi connectivity index (χ1n) is 11.4. The SMILES string of the molecule is CCn1c(-c2nc3cc(C(=O)N4CCCC(OC(N)=O)C4)cc(Br)c3n2C)cc2ccccc21. The Morgan fingerprint density at radius 2 is 2.03 bits per heavy atom. The number of ether oxygens (including phenoxy) is 1. The Hall–Kier alpha value is -3.33. The zero-order valence-corrected chi connectivity index (χ0v) is 20.7. The van der Waals surface area contributed by atoms with Gasteiger partial charge in [-0.25, -0.2) is 9.78 Å². The molecule has 1 saturated heterocycles. The number of piperidine rings is 1. The van der Waals surface area contributed by atoms with Gasteiger partial charge in [0, 0.05) is 41.1 Å². The van der Waals surface area contributed by atoms with Crippen LogP contribution in [0.2, 0.25) is 0 Å². The molecule has 2 amide bonds. The van der Waals surface area contributed by atoms with Crippen LogP contribution in [0.4, 0.5) is 4.79 Å². The quantitative estimate of drug-likeness (QED) is 0.420. The highest BCUT2D eigenvalue weighted by Crippen LogP contribution is 2.33. The number of carbonyl (C=O) groups excluding carboxylic acids is 2. The van der Waals surface area contributed by atoms with Crippen molar-refractivity contribution in [1.29, 1.82) is 0 Å². The molecule has 4 aromatic rings. The van der Waals surface area contributed by atoms with Crippen LogP contribution < -0.4 is 5.73 Å². The van der Waals surface area contributed by atoms with Crippen LogP contribution in [-0.4, -0.2) is 50.2 Å². The van der Waals surface area contributed by atoms with E-state index in [0.29, 0.717) is 25.1 Å². The molecule has 9 heteroatoms. The van der Waals surface area contributed by atoms with Crippen molar-refractivity contribution in [3.05, 3.63) is 52.5 Å². The molecule has 5 rings (SSSR count). The van der Waals surface area contributed by atoms with Crippen molar-refractivity contribution in [2.45, 2.75) is 32.4 Å². The lowest BCUT2D eigenvalue weighted by molar-refractivity contribution is 0.0373. The van der Waals surface area contributed by atoms with Crippen molar-refractivity contribution in [3.8, 4) is 11.5 Å². The Balaban J connectivity index is 1.53. The Morgan fingerprint density at radius 3 is 2.79 bits per heavy atom. The molecule has 0 spiro atoms. The third-order valence-electron chi connectivity index (χ3n) is 6.47. The number of rotatable bonds is 4. The molecule has 176 valence electrons. The maximum Gasteiger partial charge on any atom is 0.404 e. The predicted octanol–water partition coefficient (Wildman–Crippen LogP) is 4.68. The van der Waals surface area contributed by atoms with Gasteiger partial charge >= 0.3 is 6.09 Å². The highest BCUT2D eigenvalue weighted by Gasteiger charge is 2.27. The number of primary amides is 1. The van der Waals surface area contributed by atoms with Gasteiger partial charge in [-0.3, -0.25) is 4.79 Å². The van der Waals surface area contributed by atoms with E-state index in [4.69, 9.17) is 15.5 Å². The van der Waals surface area contributed by atoms with Crippen LogP contribution in [0.15, 0.2) is 46.9 Å². The lowest BCUT2D eigenvalue weighted by Crippen LogP contribution is -2.44. The minimum Gasteiger partial charge on any atom is -0.445 e. The predicted molar refractivity (Wildman–Crippen MR) is 135 cm³/mol. The van der Waals surface area contributed by atoms with E-state index in [1.807, 2.05) is 31.3 Å². The van der Waals surface area contributed by atoms with Crippen LogP contribution in [0.1, 0.15) is 30.1 Å². The summed E-state index contributed by atoms with van der Waals surface area (Å²) in [6, 6.07) is 14.1. The zero-order chi connectivity index (χ0) is 24.0. The summed E-state index contributed by atoms with van der Waals surface area (Å²) in [5.41, 5.74) is 9.57. The maximum atomic E-state index is 13.3. The molecule has 3 heterocycles. The van der Waals surface area contributed by atoms with Crippen LogP contribution in [0.5, 0.6) is 0 Å². The van der Waals surface area contributed by atoms with Crippen molar-refractivity contribution in [1.82, 2.24) is 19.0 Å². The number of nitrogens with zero attached hydrogens (tertiary/aromatic N) is 4. The van der Waals surface area contributed by atoms with E-state index in [9.17, 15) is 9.59 Å². The monoisotopic (exact) mass is 523 g/mol. The summed E-state index contributed by atoms with van der Waals surface area (Å²) in [6.45, 7) is 3.89. The van der Waals surface area contributed by atoms with Crippen LogP contribution in [0.25, 0.3) is 33.5 Å². The molecule has 2 aromatic carbocycles. The van der Waals surface area contributed by atoms with Gasteiger partial charge in [0.1, 0.15) is 6.10 Å². The number of hydrogen-bond acceptors (Lipinski definition) is 4. The third-order valence-corrected chi connectivity index (χ3v) is 7.08. The van der Waals surface area contributed by atoms with Gasteiger partial charge in [-0.15, -0.1) is 0 Å². The summed E-state index contributed by atoms with van der Waals surface area (Å²) in [4.78, 5) is 31.1. The number of nitrogens with two attached hydrogens (primary N) is 1. The van der Waals surface area contributed by atoms with E-state index in [2.05, 4.69) is 50.2 Å². The van der Waals surface area contributed by atoms with Crippen molar-refractivity contribution >= 4 is 49.9 Å². The summed E-state index contributed by atoms with van der Waals surface area (Å²) >= 11 is 3.67. The Labute approximate surface area is 205 Å².